The van der Waals surface area contributed by atoms with Crippen LogP contribution in [0.25, 0.3) is 15.9 Å². The normalized spacial score (nSPS) is 11.8. The molecule has 188 valence electrons. The molecular formula is C26H31N7O2S. The smallest absolute Gasteiger partial charge is 0.261 e. The highest BCUT2D eigenvalue weighted by atomic mass is 32.1. The second-order valence-corrected chi connectivity index (χ2v) is 9.09. The molecule has 0 spiro atoms. The van der Waals surface area contributed by atoms with E-state index in [0.29, 0.717) is 39.7 Å². The van der Waals surface area contributed by atoms with E-state index in [-0.39, 0.29) is 11.9 Å². The van der Waals surface area contributed by atoms with Crippen LogP contribution in [0.5, 0.6) is 0 Å². The summed E-state index contributed by atoms with van der Waals surface area (Å²) in [6.07, 6.45) is 3.98. The highest BCUT2D eigenvalue weighted by Gasteiger charge is 2.20. The first-order valence-corrected chi connectivity index (χ1v) is 12.9. The van der Waals surface area contributed by atoms with Gasteiger partial charge in [-0.25, -0.2) is 9.97 Å². The topological polar surface area (TPSA) is 111 Å². The SMILES string of the molecule is CCNC(=O)c1cc2c(/C(=N\OCCN(CC)CC)c3ccc(-n4cccc4)cc3)nc(N)nc2s1. The van der Waals surface area contributed by atoms with Crippen molar-refractivity contribution in [1.29, 1.82) is 0 Å². The highest BCUT2D eigenvalue weighted by Crippen LogP contribution is 2.29. The van der Waals surface area contributed by atoms with Gasteiger partial charge in [0.25, 0.3) is 5.91 Å². The number of amides is 1. The molecule has 0 aliphatic rings. The van der Waals surface area contributed by atoms with Gasteiger partial charge in [0.05, 0.1) is 4.88 Å². The second-order valence-electron chi connectivity index (χ2n) is 8.06. The number of thiophene rings is 1. The molecule has 0 fully saturated rings. The van der Waals surface area contributed by atoms with Crippen LogP contribution in [0.4, 0.5) is 5.95 Å². The number of hydrogen-bond acceptors (Lipinski definition) is 8. The number of nitrogens with one attached hydrogen (secondary N) is 1. The molecule has 0 saturated heterocycles. The molecule has 4 rings (SSSR count). The van der Waals surface area contributed by atoms with Crippen LogP contribution >= 0.6 is 11.3 Å². The van der Waals surface area contributed by atoms with Gasteiger partial charge in [0.1, 0.15) is 22.8 Å². The van der Waals surface area contributed by atoms with E-state index in [1.165, 1.54) is 11.3 Å². The maximum Gasteiger partial charge on any atom is 0.261 e. The molecule has 0 unspecified atom stereocenters. The fourth-order valence-electron chi connectivity index (χ4n) is 3.83. The fraction of sp³-hybridized carbons (Fsp3) is 0.308. The summed E-state index contributed by atoms with van der Waals surface area (Å²) in [5.41, 5.74) is 8.98. The summed E-state index contributed by atoms with van der Waals surface area (Å²) < 4.78 is 2.03. The minimum atomic E-state index is -0.157. The van der Waals surface area contributed by atoms with Gasteiger partial charge >= 0.3 is 0 Å². The molecule has 10 heteroatoms. The van der Waals surface area contributed by atoms with Gasteiger partial charge in [-0.3, -0.25) is 4.79 Å². The van der Waals surface area contributed by atoms with E-state index in [2.05, 4.69) is 39.2 Å². The largest absolute Gasteiger partial charge is 0.394 e. The number of carbonyl (C=O) groups is 1. The zero-order chi connectivity index (χ0) is 25.5. The Morgan fingerprint density at radius 1 is 1.14 bits per heavy atom. The van der Waals surface area contributed by atoms with Crippen molar-refractivity contribution < 1.29 is 9.63 Å². The van der Waals surface area contributed by atoms with E-state index in [1.54, 1.807) is 6.07 Å². The van der Waals surface area contributed by atoms with Crippen LogP contribution in [0.3, 0.4) is 0 Å². The first-order chi connectivity index (χ1) is 17.5. The number of carbonyl (C=O) groups excluding carboxylic acids is 1. The van der Waals surface area contributed by atoms with Gasteiger partial charge in [-0.05, 0) is 50.3 Å². The Kier molecular flexibility index (Phi) is 8.29. The van der Waals surface area contributed by atoms with Gasteiger partial charge in [0.15, 0.2) is 0 Å². The van der Waals surface area contributed by atoms with Crippen LogP contribution < -0.4 is 11.1 Å². The summed E-state index contributed by atoms with van der Waals surface area (Å²) in [7, 11) is 0. The molecule has 3 heterocycles. The molecule has 1 amide bonds. The third-order valence-corrected chi connectivity index (χ3v) is 6.82. The van der Waals surface area contributed by atoms with Gasteiger partial charge in [0.2, 0.25) is 5.95 Å². The standard InChI is InChI=1S/C26H31N7O2S/c1-4-28-24(34)21-17-20-23(29-26(27)30-25(20)36-21)22(31-35-16-15-32(5-2)6-3)18-9-11-19(12-10-18)33-13-7-8-14-33/h7-14,17H,4-6,15-16H2,1-3H3,(H,28,34)(H2,27,29,30)/b31-22-. The van der Waals surface area contributed by atoms with Crippen molar-refractivity contribution in [3.8, 4) is 5.69 Å². The van der Waals surface area contributed by atoms with Crippen LogP contribution in [0, 0.1) is 0 Å². The number of anilines is 1. The summed E-state index contributed by atoms with van der Waals surface area (Å²) in [5.74, 6) is -0.0448. The third kappa shape index (κ3) is 5.72. The average Bonchev–Trinajstić information content (AvgIpc) is 3.57. The monoisotopic (exact) mass is 505 g/mol. The number of hydrogen-bond donors (Lipinski definition) is 2. The Hall–Kier alpha value is -3.76. The van der Waals surface area contributed by atoms with Crippen molar-refractivity contribution in [2.24, 2.45) is 5.16 Å². The quantitative estimate of drug-likeness (QED) is 0.182. The van der Waals surface area contributed by atoms with Gasteiger partial charge in [0, 0.05) is 42.1 Å². The summed E-state index contributed by atoms with van der Waals surface area (Å²) in [4.78, 5) is 30.6. The van der Waals surface area contributed by atoms with Crippen LogP contribution in [0.15, 0.2) is 60.0 Å². The maximum absolute atomic E-state index is 12.5. The van der Waals surface area contributed by atoms with Gasteiger partial charge in [-0.15, -0.1) is 11.3 Å². The lowest BCUT2D eigenvalue weighted by Crippen LogP contribution is -2.26. The Bertz CT molecular complexity index is 1330. The lowest BCUT2D eigenvalue weighted by molar-refractivity contribution is 0.0960. The van der Waals surface area contributed by atoms with Crippen molar-refractivity contribution in [2.45, 2.75) is 20.8 Å². The Labute approximate surface area is 214 Å². The van der Waals surface area contributed by atoms with Crippen LogP contribution in [0.2, 0.25) is 0 Å². The fourth-order valence-corrected chi connectivity index (χ4v) is 4.78. The molecule has 3 aromatic heterocycles. The summed E-state index contributed by atoms with van der Waals surface area (Å²) in [6.45, 7) is 9.74. The molecule has 3 N–H and O–H groups in total. The molecule has 9 nitrogen and oxygen atoms in total. The number of oxime groups is 1. The van der Waals surface area contributed by atoms with E-state index in [9.17, 15) is 4.79 Å². The van der Waals surface area contributed by atoms with Crippen molar-refractivity contribution in [3.63, 3.8) is 0 Å². The van der Waals surface area contributed by atoms with Crippen molar-refractivity contribution in [3.05, 3.63) is 71.0 Å². The second kappa shape index (κ2) is 11.8. The predicted molar refractivity (Wildman–Crippen MR) is 145 cm³/mol. The number of nitrogen functional groups attached to an aromatic ring is 1. The first kappa shape index (κ1) is 25.3. The lowest BCUT2D eigenvalue weighted by atomic mass is 10.0. The summed E-state index contributed by atoms with van der Waals surface area (Å²) in [6, 6.07) is 13.7. The number of benzene rings is 1. The average molecular weight is 506 g/mol. The van der Waals surface area contributed by atoms with E-state index < -0.39 is 0 Å². The molecule has 0 bridgehead atoms. The number of likely N-dealkylation sites (N-methyl/N-ethyl adjacent to an activating group) is 1. The van der Waals surface area contributed by atoms with Crippen molar-refractivity contribution in [2.75, 3.05) is 38.5 Å². The zero-order valence-electron chi connectivity index (χ0n) is 20.8. The van der Waals surface area contributed by atoms with Crippen LogP contribution in [0.1, 0.15) is 41.7 Å². The molecule has 0 aliphatic heterocycles. The number of rotatable bonds is 11. The molecule has 1 aromatic carbocycles. The van der Waals surface area contributed by atoms with Crippen LogP contribution in [-0.4, -0.2) is 63.8 Å². The molecule has 4 aromatic rings. The van der Waals surface area contributed by atoms with Crippen LogP contribution in [-0.2, 0) is 4.84 Å². The zero-order valence-corrected chi connectivity index (χ0v) is 21.6. The minimum absolute atomic E-state index is 0.113. The van der Waals surface area contributed by atoms with E-state index >= 15 is 0 Å². The summed E-state index contributed by atoms with van der Waals surface area (Å²) in [5, 5.41) is 8.06. The molecule has 0 radical (unpaired) electrons. The lowest BCUT2D eigenvalue weighted by Gasteiger charge is -2.17. The van der Waals surface area contributed by atoms with E-state index in [1.807, 2.05) is 60.3 Å². The summed E-state index contributed by atoms with van der Waals surface area (Å²) >= 11 is 1.28. The molecule has 36 heavy (non-hydrogen) atoms. The Morgan fingerprint density at radius 3 is 2.53 bits per heavy atom. The number of fused-ring (bicyclic) bond motifs is 1. The van der Waals surface area contributed by atoms with E-state index in [0.717, 1.165) is 30.9 Å². The number of nitrogens with zero attached hydrogens (tertiary/aromatic N) is 5. The van der Waals surface area contributed by atoms with Crippen molar-refractivity contribution in [1.82, 2.24) is 24.8 Å². The highest BCUT2D eigenvalue weighted by molar-refractivity contribution is 7.20. The van der Waals surface area contributed by atoms with E-state index in [4.69, 9.17) is 10.6 Å². The third-order valence-electron chi connectivity index (χ3n) is 5.79. The molecular weight excluding hydrogens is 474 g/mol. The molecule has 0 atom stereocenters. The van der Waals surface area contributed by atoms with Gasteiger partial charge < -0.3 is 25.4 Å². The van der Waals surface area contributed by atoms with Gasteiger partial charge in [-0.2, -0.15) is 0 Å². The van der Waals surface area contributed by atoms with Crippen molar-refractivity contribution >= 4 is 39.1 Å². The number of nitrogens with two attached hydrogens (primary N) is 1. The maximum atomic E-state index is 12.5. The predicted octanol–water partition coefficient (Wildman–Crippen LogP) is 3.92. The Morgan fingerprint density at radius 2 is 1.86 bits per heavy atom. The molecule has 0 saturated carbocycles. The van der Waals surface area contributed by atoms with Gasteiger partial charge in [-0.1, -0.05) is 31.1 Å². The molecule has 0 aliphatic carbocycles. The first-order valence-electron chi connectivity index (χ1n) is 12.1. The Balaban J connectivity index is 1.75. The minimum Gasteiger partial charge on any atom is -0.394 e. The number of aromatic nitrogens is 3.